The molecule has 128 valence electrons. The third-order valence-electron chi connectivity index (χ3n) is 3.88. The van der Waals surface area contributed by atoms with Crippen LogP contribution in [0.3, 0.4) is 0 Å². The van der Waals surface area contributed by atoms with Gasteiger partial charge in [-0.25, -0.2) is 9.97 Å². The first-order valence-electron chi connectivity index (χ1n) is 7.79. The minimum atomic E-state index is -0.252. The van der Waals surface area contributed by atoms with Gasteiger partial charge in [-0.15, -0.1) is 22.7 Å². The van der Waals surface area contributed by atoms with Gasteiger partial charge >= 0.3 is 0 Å². The van der Waals surface area contributed by atoms with E-state index in [1.807, 2.05) is 47.8 Å². The number of hydrogen-bond donors (Lipinski definition) is 1. The van der Waals surface area contributed by atoms with Gasteiger partial charge in [-0.05, 0) is 30.3 Å². The minimum absolute atomic E-state index is 0.235. The van der Waals surface area contributed by atoms with E-state index in [1.54, 1.807) is 0 Å². The summed E-state index contributed by atoms with van der Waals surface area (Å²) >= 11 is 2.73. The first-order valence-corrected chi connectivity index (χ1v) is 9.48. The number of carbonyl (C=O) groups excluding carboxylic acids is 1. The van der Waals surface area contributed by atoms with Crippen molar-refractivity contribution in [3.63, 3.8) is 0 Å². The number of nitrogens with zero attached hydrogens (tertiary/aromatic N) is 2. The van der Waals surface area contributed by atoms with Gasteiger partial charge in [0.2, 0.25) is 6.79 Å². The molecule has 8 heteroatoms. The van der Waals surface area contributed by atoms with Crippen molar-refractivity contribution in [2.24, 2.45) is 0 Å². The molecule has 0 saturated carbocycles. The van der Waals surface area contributed by atoms with Gasteiger partial charge in [-0.1, -0.05) is 12.1 Å². The molecule has 4 aromatic rings. The van der Waals surface area contributed by atoms with Crippen LogP contribution in [0.15, 0.2) is 47.8 Å². The maximum absolute atomic E-state index is 12.4. The number of nitrogens with one attached hydrogen (secondary N) is 1. The van der Waals surface area contributed by atoms with E-state index >= 15 is 0 Å². The van der Waals surface area contributed by atoms with Crippen LogP contribution in [-0.4, -0.2) is 22.7 Å². The Balaban J connectivity index is 1.37. The van der Waals surface area contributed by atoms with Crippen LogP contribution < -0.4 is 14.8 Å². The van der Waals surface area contributed by atoms with Crippen LogP contribution in [0.1, 0.15) is 9.80 Å². The van der Waals surface area contributed by atoms with Gasteiger partial charge in [-0.3, -0.25) is 10.1 Å². The van der Waals surface area contributed by atoms with Crippen LogP contribution in [0, 0.1) is 0 Å². The summed E-state index contributed by atoms with van der Waals surface area (Å²) in [6, 6.07) is 13.3. The van der Waals surface area contributed by atoms with E-state index in [-0.39, 0.29) is 12.7 Å². The van der Waals surface area contributed by atoms with E-state index in [1.165, 1.54) is 22.7 Å². The lowest BCUT2D eigenvalue weighted by molar-refractivity contribution is 0.102. The second-order valence-corrected chi connectivity index (χ2v) is 7.44. The maximum Gasteiger partial charge on any atom is 0.286 e. The zero-order chi connectivity index (χ0) is 17.5. The number of ether oxygens (including phenoxy) is 2. The van der Waals surface area contributed by atoms with Gasteiger partial charge in [0.15, 0.2) is 21.6 Å². The van der Waals surface area contributed by atoms with Crippen LogP contribution in [-0.2, 0) is 0 Å². The van der Waals surface area contributed by atoms with E-state index in [0.717, 1.165) is 27.2 Å². The third kappa shape index (κ3) is 2.69. The summed E-state index contributed by atoms with van der Waals surface area (Å²) in [6.45, 7) is 0.235. The zero-order valence-electron chi connectivity index (χ0n) is 13.3. The number of aromatic nitrogens is 2. The highest BCUT2D eigenvalue weighted by Crippen LogP contribution is 2.36. The molecule has 0 atom stereocenters. The average molecular weight is 381 g/mol. The van der Waals surface area contributed by atoms with E-state index < -0.39 is 0 Å². The highest BCUT2D eigenvalue weighted by molar-refractivity contribution is 7.20. The summed E-state index contributed by atoms with van der Waals surface area (Å²) in [5, 5.41) is 5.67. The molecule has 1 amide bonds. The van der Waals surface area contributed by atoms with E-state index in [0.29, 0.717) is 15.9 Å². The smallest absolute Gasteiger partial charge is 0.286 e. The SMILES string of the molecule is O=C(Nc1nc(-c2ccc3c(c2)OCO3)cs1)c1nc2ccccc2s1. The van der Waals surface area contributed by atoms with Crippen molar-refractivity contribution in [2.75, 3.05) is 12.1 Å². The molecular weight excluding hydrogens is 370 g/mol. The Bertz CT molecular complexity index is 1100. The molecule has 2 aromatic carbocycles. The Morgan fingerprint density at radius 1 is 1.08 bits per heavy atom. The number of rotatable bonds is 3. The Kier molecular flexibility index (Phi) is 3.58. The molecule has 1 N–H and O–H groups in total. The molecule has 0 radical (unpaired) electrons. The van der Waals surface area contributed by atoms with Gasteiger partial charge in [0.1, 0.15) is 0 Å². The number of hydrogen-bond acceptors (Lipinski definition) is 7. The van der Waals surface area contributed by atoms with Crippen LogP contribution in [0.4, 0.5) is 5.13 Å². The fourth-order valence-electron chi connectivity index (χ4n) is 2.64. The first-order chi connectivity index (χ1) is 12.8. The molecule has 0 saturated heterocycles. The van der Waals surface area contributed by atoms with Crippen LogP contribution in [0.5, 0.6) is 11.5 Å². The Morgan fingerprint density at radius 2 is 1.96 bits per heavy atom. The van der Waals surface area contributed by atoms with Gasteiger partial charge in [0.25, 0.3) is 5.91 Å². The number of anilines is 1. The van der Waals surface area contributed by atoms with Gasteiger partial charge < -0.3 is 9.47 Å². The van der Waals surface area contributed by atoms with Crippen LogP contribution in [0.25, 0.3) is 21.5 Å². The van der Waals surface area contributed by atoms with E-state index in [2.05, 4.69) is 15.3 Å². The van der Waals surface area contributed by atoms with Crippen LogP contribution in [0.2, 0.25) is 0 Å². The number of fused-ring (bicyclic) bond motifs is 2. The molecule has 0 unspecified atom stereocenters. The van der Waals surface area contributed by atoms with Crippen molar-refractivity contribution >= 4 is 43.9 Å². The molecule has 26 heavy (non-hydrogen) atoms. The third-order valence-corrected chi connectivity index (χ3v) is 5.67. The van der Waals surface area contributed by atoms with E-state index in [4.69, 9.17) is 9.47 Å². The number of para-hydroxylation sites is 1. The highest BCUT2D eigenvalue weighted by Gasteiger charge is 2.17. The molecule has 5 rings (SSSR count). The maximum atomic E-state index is 12.4. The Hall–Kier alpha value is -2.97. The summed E-state index contributed by atoms with van der Waals surface area (Å²) < 4.78 is 11.7. The lowest BCUT2D eigenvalue weighted by atomic mass is 10.1. The summed E-state index contributed by atoms with van der Waals surface area (Å²) in [5.74, 6) is 1.18. The highest BCUT2D eigenvalue weighted by atomic mass is 32.1. The predicted molar refractivity (Wildman–Crippen MR) is 101 cm³/mol. The fraction of sp³-hybridized carbons (Fsp3) is 0.0556. The molecule has 6 nitrogen and oxygen atoms in total. The second-order valence-electron chi connectivity index (χ2n) is 5.55. The van der Waals surface area contributed by atoms with Crippen molar-refractivity contribution < 1.29 is 14.3 Å². The summed E-state index contributed by atoms with van der Waals surface area (Å²) in [6.07, 6.45) is 0. The molecule has 1 aliphatic rings. The first kappa shape index (κ1) is 15.3. The summed E-state index contributed by atoms with van der Waals surface area (Å²) in [5.41, 5.74) is 2.50. The quantitative estimate of drug-likeness (QED) is 0.569. The van der Waals surface area contributed by atoms with Crippen molar-refractivity contribution in [1.82, 2.24) is 9.97 Å². The van der Waals surface area contributed by atoms with Crippen molar-refractivity contribution in [1.29, 1.82) is 0 Å². The zero-order valence-corrected chi connectivity index (χ0v) is 14.9. The number of thiazole rings is 2. The number of benzene rings is 2. The van der Waals surface area contributed by atoms with Crippen molar-refractivity contribution in [3.8, 4) is 22.8 Å². The molecule has 0 fully saturated rings. The Morgan fingerprint density at radius 3 is 2.88 bits per heavy atom. The molecule has 2 aromatic heterocycles. The molecular formula is C18H11N3O3S2. The summed E-state index contributed by atoms with van der Waals surface area (Å²) in [4.78, 5) is 21.3. The topological polar surface area (TPSA) is 73.3 Å². The standard InChI is InChI=1S/C18H11N3O3S2/c22-16(17-19-11-3-1-2-4-15(11)26-17)21-18-20-12(8-25-18)10-5-6-13-14(7-10)24-9-23-13/h1-8H,9H2,(H,20,21,22). The molecule has 1 aliphatic heterocycles. The molecule has 0 bridgehead atoms. The minimum Gasteiger partial charge on any atom is -0.454 e. The largest absolute Gasteiger partial charge is 0.454 e. The lowest BCUT2D eigenvalue weighted by Crippen LogP contribution is -2.11. The number of amides is 1. The van der Waals surface area contributed by atoms with Gasteiger partial charge in [0.05, 0.1) is 15.9 Å². The molecule has 3 heterocycles. The number of carbonyl (C=O) groups is 1. The van der Waals surface area contributed by atoms with E-state index in [9.17, 15) is 4.79 Å². The molecule has 0 aliphatic carbocycles. The van der Waals surface area contributed by atoms with Crippen LogP contribution >= 0.6 is 22.7 Å². The molecule has 0 spiro atoms. The van der Waals surface area contributed by atoms with Gasteiger partial charge in [-0.2, -0.15) is 0 Å². The predicted octanol–water partition coefficient (Wildman–Crippen LogP) is 4.40. The normalized spacial score (nSPS) is 12.5. The fourth-order valence-corrected chi connectivity index (χ4v) is 4.22. The second kappa shape index (κ2) is 6.08. The van der Waals surface area contributed by atoms with Crippen molar-refractivity contribution in [2.45, 2.75) is 0 Å². The average Bonchev–Trinajstić information content (AvgIpc) is 3.39. The summed E-state index contributed by atoms with van der Waals surface area (Å²) in [7, 11) is 0. The van der Waals surface area contributed by atoms with Gasteiger partial charge in [0, 0.05) is 10.9 Å². The Labute approximate surface area is 156 Å². The lowest BCUT2D eigenvalue weighted by Gasteiger charge is -2.00. The monoisotopic (exact) mass is 381 g/mol. The van der Waals surface area contributed by atoms with Crippen molar-refractivity contribution in [3.05, 3.63) is 52.9 Å².